The molecule has 0 aliphatic carbocycles. The Kier molecular flexibility index (Phi) is 30.4. The Bertz CT molecular complexity index is 1890. The van der Waals surface area contributed by atoms with Gasteiger partial charge in [-0.3, -0.25) is 43.3 Å². The van der Waals surface area contributed by atoms with Crippen molar-refractivity contribution in [3.63, 3.8) is 0 Å². The van der Waals surface area contributed by atoms with Gasteiger partial charge in [0.25, 0.3) is 0 Å². The van der Waals surface area contributed by atoms with Crippen molar-refractivity contribution in [2.75, 3.05) is 52.4 Å². The van der Waals surface area contributed by atoms with Gasteiger partial charge in [0, 0.05) is 19.6 Å². The van der Waals surface area contributed by atoms with Crippen LogP contribution in [0.3, 0.4) is 0 Å². The van der Waals surface area contributed by atoms with Gasteiger partial charge in [0.2, 0.25) is 47.3 Å². The minimum Gasteiger partial charge on any atom is -0.477 e. The molecule has 1 aliphatic heterocycles. The lowest BCUT2D eigenvalue weighted by Gasteiger charge is -2.30. The van der Waals surface area contributed by atoms with E-state index in [-0.39, 0.29) is 96.5 Å². The van der Waals surface area contributed by atoms with Crippen LogP contribution in [-0.4, -0.2) is 181 Å². The number of halogens is 3. The van der Waals surface area contributed by atoms with Crippen LogP contribution in [-0.2, 0) is 43.2 Å². The summed E-state index contributed by atoms with van der Waals surface area (Å²) < 4.78 is 41.9. The van der Waals surface area contributed by atoms with Crippen molar-refractivity contribution in [3.05, 3.63) is 11.8 Å². The first kappa shape index (κ1) is 64.8. The van der Waals surface area contributed by atoms with E-state index in [4.69, 9.17) is 45.9 Å². The lowest BCUT2D eigenvalue weighted by Crippen LogP contribution is -2.61. The first-order valence-corrected chi connectivity index (χ1v) is 23.8. The maximum atomic E-state index is 14.0. The number of amides is 8. The molecule has 416 valence electrons. The van der Waals surface area contributed by atoms with E-state index >= 15 is 0 Å². The average molecular weight is 1050 g/mol. The molecule has 0 radical (unpaired) electrons. The average Bonchev–Trinajstić information content (AvgIpc) is 3.83. The summed E-state index contributed by atoms with van der Waals surface area (Å²) >= 11 is 0. The number of guanidine groups is 1. The van der Waals surface area contributed by atoms with E-state index in [1.807, 2.05) is 5.32 Å². The van der Waals surface area contributed by atoms with Crippen molar-refractivity contribution < 1.29 is 66.5 Å². The number of nitrogens with zero attached hydrogens (tertiary/aromatic N) is 2. The zero-order valence-corrected chi connectivity index (χ0v) is 40.8. The summed E-state index contributed by atoms with van der Waals surface area (Å²) in [5.74, 6) is -10.1. The molecular weight excluding hydrogens is 976 g/mol. The summed E-state index contributed by atoms with van der Waals surface area (Å²) in [4.78, 5) is 124. The smallest absolute Gasteiger partial charge is 0.391 e. The summed E-state index contributed by atoms with van der Waals surface area (Å²) in [6.45, 7) is -1.01. The predicted octanol–water partition coefficient (Wildman–Crippen LogP) is -6.79. The molecule has 28 nitrogen and oxygen atoms in total. The third-order valence-corrected chi connectivity index (χ3v) is 11.1. The van der Waals surface area contributed by atoms with E-state index in [1.165, 1.54) is 0 Å². The van der Waals surface area contributed by atoms with Gasteiger partial charge in [0.05, 0.1) is 25.1 Å². The van der Waals surface area contributed by atoms with Gasteiger partial charge in [-0.2, -0.15) is 13.2 Å². The third-order valence-electron chi connectivity index (χ3n) is 11.1. The van der Waals surface area contributed by atoms with Crippen LogP contribution in [0.1, 0.15) is 83.5 Å². The molecule has 0 spiro atoms. The number of rotatable bonds is 35. The maximum absolute atomic E-state index is 14.0. The number of carbonyl (C=O) groups is 9. The summed E-state index contributed by atoms with van der Waals surface area (Å²) in [5.41, 5.74) is 43.7. The summed E-state index contributed by atoms with van der Waals surface area (Å²) in [6.07, 6.45) is -5.99. The number of aliphatic carboxylic acids is 1. The fraction of sp³-hybridized carbons (Fsp3) is 0.714. The minimum absolute atomic E-state index is 0.0358. The molecule has 0 aromatic carbocycles. The quantitative estimate of drug-likeness (QED) is 0.0121. The molecule has 73 heavy (non-hydrogen) atoms. The number of aliphatic imine (C=N–C) groups is 1. The van der Waals surface area contributed by atoms with Gasteiger partial charge in [-0.25, -0.2) is 4.79 Å². The minimum atomic E-state index is -5.05. The largest absolute Gasteiger partial charge is 0.477 e. The molecule has 31 heteroatoms. The topological polar surface area (TPSA) is 502 Å². The van der Waals surface area contributed by atoms with Crippen LogP contribution in [0.2, 0.25) is 0 Å². The molecule has 0 unspecified atom stereocenters. The number of carboxylic acids is 1. The van der Waals surface area contributed by atoms with Crippen LogP contribution in [0.15, 0.2) is 16.8 Å². The fourth-order valence-electron chi connectivity index (χ4n) is 7.24. The highest BCUT2D eigenvalue weighted by molar-refractivity contribution is 5.99. The van der Waals surface area contributed by atoms with Crippen LogP contribution >= 0.6 is 0 Å². The lowest BCUT2D eigenvalue weighted by molar-refractivity contribution is -0.153. The second-order valence-electron chi connectivity index (χ2n) is 17.0. The highest BCUT2D eigenvalue weighted by atomic mass is 19.4. The number of alkyl halides is 3. The summed E-state index contributed by atoms with van der Waals surface area (Å²) in [7, 11) is 0. The third kappa shape index (κ3) is 24.8. The number of carbonyl (C=O) groups excluding carboxylic acids is 8. The number of aliphatic hydroxyl groups excluding tert-OH is 1. The van der Waals surface area contributed by atoms with E-state index in [1.54, 1.807) is 0 Å². The molecule has 8 amide bonds. The standard InChI is InChI=1S/C42H76F3N17O11/c43-42(44,45)20-28(36(68)57-24(9-2-4-15-47)35(67)59-27(40(72)73)11-6-18-54-41(52)53)60-37(69)29-12-7-19-62(29)39(71)26(10-5-16-48)56-31(64)22-55-34(66)25(13-17-49)58-38(70)32(30(63)21-50)61-33(65)23(51)8-1-3-14-46/h11,23-26,28-30,32,63H,1-10,12-22,46-51H2,(H,55,66)(H,56,64)(H,57,68)(H,58,70)(H,59,67)(H,60,69)(H,61,65)(H,72,73)(H4,52,53,54)/b27-11-/t23-,24-,25-,26+,28-,29-,30-,32-/m0/s1. The maximum Gasteiger partial charge on any atom is 0.391 e. The van der Waals surface area contributed by atoms with E-state index < -0.39 is 133 Å². The van der Waals surface area contributed by atoms with Gasteiger partial charge in [-0.15, -0.1) is 0 Å². The van der Waals surface area contributed by atoms with Crippen LogP contribution < -0.4 is 83.1 Å². The number of likely N-dealkylation sites (tertiary alicyclic amines) is 1. The van der Waals surface area contributed by atoms with Gasteiger partial charge >= 0.3 is 12.1 Å². The fourth-order valence-corrected chi connectivity index (χ4v) is 7.24. The molecule has 1 heterocycles. The molecule has 1 saturated heterocycles. The Morgan fingerprint density at radius 1 is 0.699 bits per heavy atom. The molecular formula is C42H76F3N17O11. The second-order valence-corrected chi connectivity index (χ2v) is 17.0. The Labute approximate surface area is 420 Å². The number of nitrogens with one attached hydrogen (secondary N) is 7. The Morgan fingerprint density at radius 3 is 1.88 bits per heavy atom. The molecule has 1 fully saturated rings. The van der Waals surface area contributed by atoms with Crippen molar-refractivity contribution in [2.45, 2.75) is 138 Å². The molecule has 0 aromatic rings. The summed E-state index contributed by atoms with van der Waals surface area (Å²) in [6, 6.07) is -10.9. The van der Waals surface area contributed by atoms with Crippen molar-refractivity contribution in [3.8, 4) is 0 Å². The molecule has 0 saturated carbocycles. The van der Waals surface area contributed by atoms with Gasteiger partial charge in [0.15, 0.2) is 5.96 Å². The van der Waals surface area contributed by atoms with Gasteiger partial charge in [-0.1, -0.05) is 12.5 Å². The van der Waals surface area contributed by atoms with Crippen molar-refractivity contribution >= 4 is 59.2 Å². The van der Waals surface area contributed by atoms with Crippen molar-refractivity contribution in [1.29, 1.82) is 0 Å². The zero-order valence-electron chi connectivity index (χ0n) is 40.8. The van der Waals surface area contributed by atoms with Crippen LogP contribution in [0.4, 0.5) is 13.2 Å². The Morgan fingerprint density at radius 2 is 1.30 bits per heavy atom. The molecule has 1 rings (SSSR count). The summed E-state index contributed by atoms with van der Waals surface area (Å²) in [5, 5.41) is 35.9. The molecule has 25 N–H and O–H groups in total. The van der Waals surface area contributed by atoms with E-state index in [9.17, 15) is 66.5 Å². The first-order valence-electron chi connectivity index (χ1n) is 23.8. The SMILES string of the molecule is NCCCC[C@H](NC(=O)[C@H](CC(F)(F)F)NC(=O)[C@@H]1CCCN1C(=O)[C@@H](CCCN)NC(=O)CNC(=O)[C@H](CCN)NC(=O)[C@@H](NC(=O)[C@@H](N)CCCCN)[C@@H](O)CN)C(=O)N/C(=C\CCN=C(N)N)C(=O)O. The van der Waals surface area contributed by atoms with Crippen LogP contribution in [0.5, 0.6) is 0 Å². The van der Waals surface area contributed by atoms with Crippen molar-refractivity contribution in [2.24, 2.45) is 50.9 Å². The van der Waals surface area contributed by atoms with Crippen molar-refractivity contribution in [1.82, 2.24) is 42.1 Å². The number of hydrogen-bond donors (Lipinski definition) is 17. The highest BCUT2D eigenvalue weighted by Crippen LogP contribution is 2.24. The highest BCUT2D eigenvalue weighted by Gasteiger charge is 2.42. The Hall–Kier alpha value is -6.25. The van der Waals surface area contributed by atoms with Gasteiger partial charge < -0.3 is 98.2 Å². The molecule has 1 aliphatic rings. The van der Waals surface area contributed by atoms with E-state index in [0.29, 0.717) is 25.8 Å². The number of unbranched alkanes of at least 4 members (excludes halogenated alkanes) is 2. The van der Waals surface area contributed by atoms with Gasteiger partial charge in [0.1, 0.15) is 41.9 Å². The number of aliphatic hydroxyl groups is 1. The number of nitrogens with two attached hydrogens (primary N) is 8. The lowest BCUT2D eigenvalue weighted by atomic mass is 10.1. The second kappa shape index (κ2) is 34.2. The number of hydrogen-bond acceptors (Lipinski definition) is 17. The first-order chi connectivity index (χ1) is 34.4. The molecule has 0 aromatic heterocycles. The number of carboxylic acid groups (broad SMARTS) is 1. The van der Waals surface area contributed by atoms with Gasteiger partial charge in [-0.05, 0) is 96.8 Å². The normalized spacial score (nSPS) is 16.5. The van der Waals surface area contributed by atoms with E-state index in [2.05, 4.69) is 36.9 Å². The molecule has 0 bridgehead atoms. The zero-order chi connectivity index (χ0) is 55.3. The van der Waals surface area contributed by atoms with E-state index in [0.717, 1.165) is 11.0 Å². The van der Waals surface area contributed by atoms with Crippen LogP contribution in [0.25, 0.3) is 0 Å². The van der Waals surface area contributed by atoms with Crippen LogP contribution in [0, 0.1) is 0 Å². The predicted molar refractivity (Wildman–Crippen MR) is 258 cm³/mol. The monoisotopic (exact) mass is 1050 g/mol. The molecule has 8 atom stereocenters. The Balaban J connectivity index is 3.23.